The Kier molecular flexibility index (Phi) is 4.99. The van der Waals surface area contributed by atoms with Gasteiger partial charge in [0.15, 0.2) is 0 Å². The van der Waals surface area contributed by atoms with Gasteiger partial charge in [-0.25, -0.2) is 0 Å². The lowest BCUT2D eigenvalue weighted by atomic mass is 10.2. The second-order valence-corrected chi connectivity index (χ2v) is 5.63. The molecule has 0 saturated heterocycles. The molecule has 0 saturated carbocycles. The summed E-state index contributed by atoms with van der Waals surface area (Å²) in [6.07, 6.45) is 3.34. The van der Waals surface area contributed by atoms with E-state index in [9.17, 15) is 9.59 Å². The second-order valence-electron chi connectivity index (χ2n) is 5.63. The number of para-hydroxylation sites is 1. The SMILES string of the molecule is CC(=O)N(CC(=O)Nc1cccc2cccnc12)Cc1ccccn1. The molecule has 0 spiro atoms. The number of amides is 2. The quantitative estimate of drug-likeness (QED) is 0.778. The van der Waals surface area contributed by atoms with Crippen LogP contribution in [0.4, 0.5) is 5.69 Å². The third-order valence-corrected chi connectivity index (χ3v) is 3.77. The van der Waals surface area contributed by atoms with Gasteiger partial charge in [0.05, 0.1) is 23.4 Å². The highest BCUT2D eigenvalue weighted by Gasteiger charge is 2.15. The zero-order valence-electron chi connectivity index (χ0n) is 13.8. The molecule has 6 heteroatoms. The molecular formula is C19H18N4O2. The molecule has 0 bridgehead atoms. The largest absolute Gasteiger partial charge is 0.328 e. The number of hydrogen-bond donors (Lipinski definition) is 1. The standard InChI is InChI=1S/C19H18N4O2/c1-14(24)23(12-16-8-2-3-10-20-16)13-18(25)22-17-9-4-6-15-7-5-11-21-19(15)17/h2-11H,12-13H2,1H3,(H,22,25). The summed E-state index contributed by atoms with van der Waals surface area (Å²) in [6.45, 7) is 1.68. The highest BCUT2D eigenvalue weighted by molar-refractivity contribution is 6.01. The van der Waals surface area contributed by atoms with Gasteiger partial charge in [-0.2, -0.15) is 0 Å². The Labute approximate surface area is 145 Å². The fraction of sp³-hybridized carbons (Fsp3) is 0.158. The Bertz CT molecular complexity index is 891. The van der Waals surface area contributed by atoms with Crippen molar-refractivity contribution in [3.05, 3.63) is 66.6 Å². The number of nitrogens with one attached hydrogen (secondary N) is 1. The summed E-state index contributed by atoms with van der Waals surface area (Å²) in [5, 5.41) is 3.78. The number of nitrogens with zero attached hydrogens (tertiary/aromatic N) is 3. The number of fused-ring (bicyclic) bond motifs is 1. The monoisotopic (exact) mass is 334 g/mol. The van der Waals surface area contributed by atoms with Crippen LogP contribution in [0.15, 0.2) is 60.9 Å². The molecule has 0 radical (unpaired) electrons. The molecule has 3 aromatic rings. The summed E-state index contributed by atoms with van der Waals surface area (Å²) in [4.78, 5) is 34.2. The van der Waals surface area contributed by atoms with Crippen molar-refractivity contribution in [3.63, 3.8) is 0 Å². The van der Waals surface area contributed by atoms with Crippen molar-refractivity contribution in [1.82, 2.24) is 14.9 Å². The lowest BCUT2D eigenvalue weighted by molar-refractivity contribution is -0.133. The van der Waals surface area contributed by atoms with Crippen LogP contribution in [0.3, 0.4) is 0 Å². The van der Waals surface area contributed by atoms with Gasteiger partial charge in [0.2, 0.25) is 11.8 Å². The molecule has 0 fully saturated rings. The first-order chi connectivity index (χ1) is 12.1. The van der Waals surface area contributed by atoms with Crippen molar-refractivity contribution < 1.29 is 9.59 Å². The summed E-state index contributed by atoms with van der Waals surface area (Å²) in [6, 6.07) is 14.8. The maximum absolute atomic E-state index is 12.4. The fourth-order valence-corrected chi connectivity index (χ4v) is 2.53. The molecule has 6 nitrogen and oxygen atoms in total. The van der Waals surface area contributed by atoms with Gasteiger partial charge >= 0.3 is 0 Å². The molecule has 25 heavy (non-hydrogen) atoms. The minimum absolute atomic E-state index is 0.0465. The average Bonchev–Trinajstić information content (AvgIpc) is 2.62. The molecule has 1 aromatic carbocycles. The van der Waals surface area contributed by atoms with E-state index in [1.807, 2.05) is 42.5 Å². The number of carbonyl (C=O) groups is 2. The summed E-state index contributed by atoms with van der Waals surface area (Å²) >= 11 is 0. The van der Waals surface area contributed by atoms with E-state index >= 15 is 0 Å². The van der Waals surface area contributed by atoms with Crippen LogP contribution < -0.4 is 5.32 Å². The van der Waals surface area contributed by atoms with Gasteiger partial charge in [-0.05, 0) is 24.3 Å². The van der Waals surface area contributed by atoms with Crippen molar-refractivity contribution in [2.24, 2.45) is 0 Å². The van der Waals surface area contributed by atoms with E-state index in [-0.39, 0.29) is 24.9 Å². The molecule has 0 atom stereocenters. The van der Waals surface area contributed by atoms with E-state index in [4.69, 9.17) is 0 Å². The van der Waals surface area contributed by atoms with E-state index in [1.54, 1.807) is 18.5 Å². The van der Waals surface area contributed by atoms with Crippen molar-refractivity contribution in [2.75, 3.05) is 11.9 Å². The van der Waals surface area contributed by atoms with Gasteiger partial charge in [0.1, 0.15) is 6.54 Å². The molecule has 0 aliphatic rings. The van der Waals surface area contributed by atoms with Crippen molar-refractivity contribution in [1.29, 1.82) is 0 Å². The number of carbonyl (C=O) groups excluding carboxylic acids is 2. The van der Waals surface area contributed by atoms with E-state index in [1.165, 1.54) is 11.8 Å². The first-order valence-corrected chi connectivity index (χ1v) is 7.92. The molecule has 0 aliphatic heterocycles. The van der Waals surface area contributed by atoms with Crippen LogP contribution in [0.2, 0.25) is 0 Å². The maximum Gasteiger partial charge on any atom is 0.244 e. The summed E-state index contributed by atoms with van der Waals surface area (Å²) < 4.78 is 0. The lowest BCUT2D eigenvalue weighted by Gasteiger charge is -2.20. The van der Waals surface area contributed by atoms with Crippen LogP contribution in [-0.2, 0) is 16.1 Å². The third-order valence-electron chi connectivity index (χ3n) is 3.77. The molecule has 0 unspecified atom stereocenters. The van der Waals surface area contributed by atoms with Crippen LogP contribution in [-0.4, -0.2) is 33.2 Å². The number of pyridine rings is 2. The van der Waals surface area contributed by atoms with Gasteiger partial charge in [-0.15, -0.1) is 0 Å². The second kappa shape index (κ2) is 7.53. The van der Waals surface area contributed by atoms with E-state index in [0.29, 0.717) is 5.69 Å². The topological polar surface area (TPSA) is 75.2 Å². The molecule has 2 heterocycles. The predicted octanol–water partition coefficient (Wildman–Crippen LogP) is 2.62. The third kappa shape index (κ3) is 4.17. The zero-order chi connectivity index (χ0) is 17.6. The van der Waals surface area contributed by atoms with Gasteiger partial charge < -0.3 is 10.2 Å². The van der Waals surface area contributed by atoms with Gasteiger partial charge in [0.25, 0.3) is 0 Å². The Morgan fingerprint density at radius 3 is 2.56 bits per heavy atom. The fourth-order valence-electron chi connectivity index (χ4n) is 2.53. The number of rotatable bonds is 5. The molecule has 1 N–H and O–H groups in total. The number of benzene rings is 1. The van der Waals surface area contributed by atoms with Gasteiger partial charge in [-0.3, -0.25) is 19.6 Å². The van der Waals surface area contributed by atoms with Crippen LogP contribution in [0.5, 0.6) is 0 Å². The van der Waals surface area contributed by atoms with Crippen LogP contribution in [0.25, 0.3) is 10.9 Å². The zero-order valence-corrected chi connectivity index (χ0v) is 13.8. The Hall–Kier alpha value is -3.28. The van der Waals surface area contributed by atoms with E-state index in [2.05, 4.69) is 15.3 Å². The van der Waals surface area contributed by atoms with Crippen LogP contribution in [0, 0.1) is 0 Å². The summed E-state index contributed by atoms with van der Waals surface area (Å²) in [7, 11) is 0. The van der Waals surface area contributed by atoms with E-state index in [0.717, 1.165) is 16.6 Å². The van der Waals surface area contributed by atoms with Gasteiger partial charge in [0, 0.05) is 24.7 Å². The highest BCUT2D eigenvalue weighted by atomic mass is 16.2. The Balaban J connectivity index is 1.72. The van der Waals surface area contributed by atoms with Crippen LogP contribution >= 0.6 is 0 Å². The van der Waals surface area contributed by atoms with Gasteiger partial charge in [-0.1, -0.05) is 24.3 Å². The normalized spacial score (nSPS) is 10.4. The first-order valence-electron chi connectivity index (χ1n) is 7.92. The van der Waals surface area contributed by atoms with Crippen molar-refractivity contribution >= 4 is 28.4 Å². The highest BCUT2D eigenvalue weighted by Crippen LogP contribution is 2.20. The molecule has 126 valence electrons. The molecular weight excluding hydrogens is 316 g/mol. The summed E-state index contributed by atoms with van der Waals surface area (Å²) in [5.74, 6) is -0.457. The lowest BCUT2D eigenvalue weighted by Crippen LogP contribution is -2.36. The molecule has 2 aromatic heterocycles. The average molecular weight is 334 g/mol. The number of anilines is 1. The number of aromatic nitrogens is 2. The maximum atomic E-state index is 12.4. The van der Waals surface area contributed by atoms with Crippen molar-refractivity contribution in [2.45, 2.75) is 13.5 Å². The van der Waals surface area contributed by atoms with Crippen molar-refractivity contribution in [3.8, 4) is 0 Å². The van der Waals surface area contributed by atoms with Crippen LogP contribution in [0.1, 0.15) is 12.6 Å². The minimum atomic E-state index is -0.274. The minimum Gasteiger partial charge on any atom is -0.328 e. The summed E-state index contributed by atoms with van der Waals surface area (Å²) in [5.41, 5.74) is 2.08. The number of hydrogen-bond acceptors (Lipinski definition) is 4. The smallest absolute Gasteiger partial charge is 0.244 e. The Morgan fingerprint density at radius 2 is 1.80 bits per heavy atom. The molecule has 2 amide bonds. The molecule has 0 aliphatic carbocycles. The first kappa shape index (κ1) is 16.6. The van der Waals surface area contributed by atoms with E-state index < -0.39 is 0 Å². The molecule has 3 rings (SSSR count). The predicted molar refractivity (Wildman–Crippen MR) is 95.7 cm³/mol. The Morgan fingerprint density at radius 1 is 1.00 bits per heavy atom.